The van der Waals surface area contributed by atoms with Crippen LogP contribution in [0.2, 0.25) is 0 Å². The van der Waals surface area contributed by atoms with Crippen molar-refractivity contribution in [2.75, 3.05) is 4.90 Å². The smallest absolute Gasteiger partial charge is 0.121 e. The fourth-order valence-electron chi connectivity index (χ4n) is 3.78. The Kier molecular flexibility index (Phi) is 4.27. The van der Waals surface area contributed by atoms with Gasteiger partial charge < -0.3 is 4.90 Å². The average Bonchev–Trinajstić information content (AvgIpc) is 3.00. The molecule has 0 spiro atoms. The second-order valence-corrected chi connectivity index (χ2v) is 7.76. The second-order valence-electron chi connectivity index (χ2n) is 7.76. The molecule has 0 fully saturated rings. The molecule has 0 amide bonds. The second kappa shape index (κ2) is 6.60. The van der Waals surface area contributed by atoms with Crippen molar-refractivity contribution in [3.8, 4) is 22.5 Å². The minimum Gasteiger partial charge on any atom is -0.364 e. The Hall–Kier alpha value is -2.62. The highest BCUT2D eigenvalue weighted by Gasteiger charge is 2.27. The van der Waals surface area contributed by atoms with Crippen molar-refractivity contribution in [1.82, 2.24) is 15.0 Å². The molecule has 0 saturated carbocycles. The van der Waals surface area contributed by atoms with Crippen molar-refractivity contribution in [2.24, 2.45) is 5.92 Å². The number of rotatable bonds is 3. The monoisotopic (exact) mass is 346 g/mol. The first-order chi connectivity index (χ1) is 12.6. The summed E-state index contributed by atoms with van der Waals surface area (Å²) in [5.41, 5.74) is 7.09. The molecule has 1 aliphatic heterocycles. The molecule has 0 bridgehead atoms. The van der Waals surface area contributed by atoms with E-state index in [4.69, 9.17) is 0 Å². The average molecular weight is 346 g/mol. The Bertz CT molecular complexity index is 923. The Morgan fingerprint density at radius 1 is 0.923 bits per heavy atom. The van der Waals surface area contributed by atoms with Gasteiger partial charge in [-0.05, 0) is 31.4 Å². The van der Waals surface area contributed by atoms with Crippen molar-refractivity contribution in [1.29, 1.82) is 0 Å². The van der Waals surface area contributed by atoms with E-state index in [9.17, 15) is 0 Å². The first-order valence-electron chi connectivity index (χ1n) is 9.44. The van der Waals surface area contributed by atoms with Gasteiger partial charge in [-0.2, -0.15) is 0 Å². The molecule has 2 heterocycles. The van der Waals surface area contributed by atoms with Crippen LogP contribution in [0.3, 0.4) is 0 Å². The van der Waals surface area contributed by atoms with Crippen molar-refractivity contribution in [3.05, 3.63) is 54.1 Å². The van der Waals surface area contributed by atoms with E-state index in [1.54, 1.807) is 0 Å². The summed E-state index contributed by atoms with van der Waals surface area (Å²) in [6.45, 7) is 10.7. The number of nitrogens with zero attached hydrogens (tertiary/aromatic N) is 4. The maximum atomic E-state index is 4.62. The Morgan fingerprint density at radius 2 is 1.62 bits per heavy atom. The molecule has 0 radical (unpaired) electrons. The molecule has 0 N–H and O–H groups in total. The number of hydrogen-bond donors (Lipinski definition) is 0. The molecule has 4 heteroatoms. The Morgan fingerprint density at radius 3 is 2.35 bits per heavy atom. The number of hydrogen-bond acceptors (Lipinski definition) is 3. The summed E-state index contributed by atoms with van der Waals surface area (Å²) < 4.78 is 2.08. The molecule has 0 saturated heterocycles. The van der Waals surface area contributed by atoms with Crippen LogP contribution in [-0.2, 0) is 13.1 Å². The highest BCUT2D eigenvalue weighted by atomic mass is 15.4. The number of aromatic nitrogens is 3. The quantitative estimate of drug-likeness (QED) is 0.669. The van der Waals surface area contributed by atoms with Gasteiger partial charge in [-0.15, -0.1) is 5.10 Å². The normalized spacial score (nSPS) is 13.2. The molecular weight excluding hydrogens is 320 g/mol. The zero-order chi connectivity index (χ0) is 18.3. The highest BCUT2D eigenvalue weighted by molar-refractivity contribution is 5.88. The first kappa shape index (κ1) is 16.8. The lowest BCUT2D eigenvalue weighted by Gasteiger charge is -2.33. The summed E-state index contributed by atoms with van der Waals surface area (Å²) >= 11 is 0. The van der Waals surface area contributed by atoms with E-state index >= 15 is 0 Å². The summed E-state index contributed by atoms with van der Waals surface area (Å²) in [5, 5.41) is 9.15. The van der Waals surface area contributed by atoms with Crippen LogP contribution in [0.25, 0.3) is 22.5 Å². The third kappa shape index (κ3) is 2.79. The maximum Gasteiger partial charge on any atom is 0.121 e. The molecule has 134 valence electrons. The third-order valence-electron chi connectivity index (χ3n) is 4.98. The largest absolute Gasteiger partial charge is 0.364 e. The zero-order valence-electron chi connectivity index (χ0n) is 16.0. The lowest BCUT2D eigenvalue weighted by Crippen LogP contribution is -2.31. The van der Waals surface area contributed by atoms with Crippen molar-refractivity contribution in [3.63, 3.8) is 0 Å². The van der Waals surface area contributed by atoms with Crippen LogP contribution in [-0.4, -0.2) is 21.0 Å². The zero-order valence-corrected chi connectivity index (χ0v) is 16.0. The van der Waals surface area contributed by atoms with Gasteiger partial charge in [0.15, 0.2) is 0 Å². The van der Waals surface area contributed by atoms with Crippen molar-refractivity contribution in [2.45, 2.75) is 46.8 Å². The van der Waals surface area contributed by atoms with Crippen LogP contribution in [0.15, 0.2) is 48.5 Å². The van der Waals surface area contributed by atoms with Gasteiger partial charge in [-0.1, -0.05) is 61.5 Å². The van der Waals surface area contributed by atoms with Gasteiger partial charge in [0.05, 0.1) is 5.69 Å². The minimum atomic E-state index is 0.403. The standard InChI is InChI=1S/C22H26N4/c1-15(2)13-26-22-19-11-7-8-12-20(19)25(16(3)4)14-17-9-5-6-10-18(17)21(22)23-24-26/h5-12,15-16H,13-14H2,1-4H3. The molecule has 0 aliphatic carbocycles. The van der Waals surface area contributed by atoms with Gasteiger partial charge in [0.25, 0.3) is 0 Å². The van der Waals surface area contributed by atoms with Crippen LogP contribution in [0.1, 0.15) is 33.3 Å². The number of benzene rings is 2. The van der Waals surface area contributed by atoms with Gasteiger partial charge in [-0.25, -0.2) is 4.68 Å². The van der Waals surface area contributed by atoms with Crippen molar-refractivity contribution < 1.29 is 0 Å². The summed E-state index contributed by atoms with van der Waals surface area (Å²) in [6.07, 6.45) is 0. The number of para-hydroxylation sites is 1. The molecule has 0 atom stereocenters. The lowest BCUT2D eigenvalue weighted by atomic mass is 9.95. The predicted octanol–water partition coefficient (Wildman–Crippen LogP) is 5.00. The van der Waals surface area contributed by atoms with Gasteiger partial charge in [-0.3, -0.25) is 0 Å². The first-order valence-corrected chi connectivity index (χ1v) is 9.44. The summed E-state index contributed by atoms with van der Waals surface area (Å²) in [6, 6.07) is 17.7. The van der Waals surface area contributed by atoms with Gasteiger partial charge in [0.2, 0.25) is 0 Å². The van der Waals surface area contributed by atoms with E-state index in [1.807, 2.05) is 0 Å². The van der Waals surface area contributed by atoms with E-state index in [0.29, 0.717) is 12.0 Å². The molecule has 1 aromatic heterocycles. The fraction of sp³-hybridized carbons (Fsp3) is 0.364. The van der Waals surface area contributed by atoms with Gasteiger partial charge >= 0.3 is 0 Å². The minimum absolute atomic E-state index is 0.403. The third-order valence-corrected chi connectivity index (χ3v) is 4.98. The van der Waals surface area contributed by atoms with E-state index in [0.717, 1.165) is 24.5 Å². The van der Waals surface area contributed by atoms with Gasteiger partial charge in [0.1, 0.15) is 5.69 Å². The number of fused-ring (bicyclic) bond motifs is 5. The molecule has 26 heavy (non-hydrogen) atoms. The van der Waals surface area contributed by atoms with Crippen LogP contribution in [0.5, 0.6) is 0 Å². The van der Waals surface area contributed by atoms with Crippen molar-refractivity contribution >= 4 is 5.69 Å². The number of anilines is 1. The Balaban J connectivity index is 2.04. The molecule has 0 unspecified atom stereocenters. The molecule has 2 aromatic carbocycles. The van der Waals surface area contributed by atoms with E-state index in [1.165, 1.54) is 22.4 Å². The topological polar surface area (TPSA) is 34.0 Å². The highest BCUT2D eigenvalue weighted by Crippen LogP contribution is 2.41. The summed E-state index contributed by atoms with van der Waals surface area (Å²) in [4.78, 5) is 2.48. The SMILES string of the molecule is CC(C)Cn1nnc2c1-c1ccccc1N(C(C)C)Cc1ccccc1-2. The van der Waals surface area contributed by atoms with Crippen LogP contribution in [0.4, 0.5) is 5.69 Å². The molecule has 4 nitrogen and oxygen atoms in total. The van der Waals surface area contributed by atoms with E-state index in [2.05, 4.69) is 96.1 Å². The van der Waals surface area contributed by atoms with Crippen LogP contribution < -0.4 is 4.90 Å². The Labute approximate surface area is 155 Å². The van der Waals surface area contributed by atoms with E-state index < -0.39 is 0 Å². The predicted molar refractivity (Wildman–Crippen MR) is 107 cm³/mol. The summed E-state index contributed by atoms with van der Waals surface area (Å²) in [7, 11) is 0. The molecule has 4 rings (SSSR count). The van der Waals surface area contributed by atoms with E-state index in [-0.39, 0.29) is 0 Å². The van der Waals surface area contributed by atoms with Gasteiger partial charge in [0, 0.05) is 35.9 Å². The van der Waals surface area contributed by atoms with Crippen LogP contribution >= 0.6 is 0 Å². The molecule has 1 aliphatic rings. The lowest BCUT2D eigenvalue weighted by molar-refractivity contribution is 0.475. The fourth-order valence-corrected chi connectivity index (χ4v) is 3.78. The maximum absolute atomic E-state index is 4.62. The van der Waals surface area contributed by atoms with Crippen LogP contribution in [0, 0.1) is 5.92 Å². The molecular formula is C22H26N4. The summed E-state index contributed by atoms with van der Waals surface area (Å²) in [5.74, 6) is 0.509. The molecule has 3 aromatic rings.